The third-order valence-corrected chi connectivity index (χ3v) is 4.64. The summed E-state index contributed by atoms with van der Waals surface area (Å²) in [6.45, 7) is 5.86. The molecule has 0 spiro atoms. The van der Waals surface area contributed by atoms with Crippen LogP contribution in [0.3, 0.4) is 0 Å². The molecule has 2 heterocycles. The van der Waals surface area contributed by atoms with E-state index in [9.17, 15) is 4.79 Å². The SMILES string of the molecule is C=CCNC(=O)c1cnn(-c2ncc3c(n2)-c2ccccc2CC3)c1C. The number of fused-ring (bicyclic) bond motifs is 3. The normalized spacial score (nSPS) is 12.2. The summed E-state index contributed by atoms with van der Waals surface area (Å²) >= 11 is 0. The molecule has 0 bridgehead atoms. The van der Waals surface area contributed by atoms with E-state index in [1.165, 1.54) is 5.56 Å². The van der Waals surface area contributed by atoms with Gasteiger partial charge in [-0.25, -0.2) is 14.6 Å². The summed E-state index contributed by atoms with van der Waals surface area (Å²) in [5.41, 5.74) is 5.74. The number of carbonyl (C=O) groups excluding carboxylic acids is 1. The summed E-state index contributed by atoms with van der Waals surface area (Å²) in [5.74, 6) is 0.290. The number of aryl methyl sites for hydroxylation is 2. The Morgan fingerprint density at radius 3 is 2.92 bits per heavy atom. The van der Waals surface area contributed by atoms with Crippen molar-refractivity contribution in [3.8, 4) is 17.2 Å². The van der Waals surface area contributed by atoms with Crippen molar-refractivity contribution in [2.24, 2.45) is 0 Å². The third-order valence-electron chi connectivity index (χ3n) is 4.64. The van der Waals surface area contributed by atoms with Gasteiger partial charge in [-0.3, -0.25) is 4.79 Å². The highest BCUT2D eigenvalue weighted by Gasteiger charge is 2.20. The van der Waals surface area contributed by atoms with Crippen LogP contribution < -0.4 is 5.32 Å². The van der Waals surface area contributed by atoms with Crippen LogP contribution in [-0.4, -0.2) is 32.2 Å². The molecule has 0 unspecified atom stereocenters. The lowest BCUT2D eigenvalue weighted by Crippen LogP contribution is -2.23. The Bertz CT molecular complexity index is 1010. The smallest absolute Gasteiger partial charge is 0.255 e. The molecule has 1 amide bonds. The largest absolute Gasteiger partial charge is 0.348 e. The average Bonchev–Trinajstić information content (AvgIpc) is 3.07. The number of benzene rings is 1. The summed E-state index contributed by atoms with van der Waals surface area (Å²) in [6.07, 6.45) is 6.98. The van der Waals surface area contributed by atoms with Gasteiger partial charge >= 0.3 is 0 Å². The molecule has 130 valence electrons. The lowest BCUT2D eigenvalue weighted by atomic mass is 9.90. The van der Waals surface area contributed by atoms with E-state index < -0.39 is 0 Å². The Kier molecular flexibility index (Phi) is 4.08. The van der Waals surface area contributed by atoms with Crippen LogP contribution in [0.4, 0.5) is 0 Å². The van der Waals surface area contributed by atoms with Crippen molar-refractivity contribution < 1.29 is 4.79 Å². The van der Waals surface area contributed by atoms with Gasteiger partial charge in [0.25, 0.3) is 11.9 Å². The molecule has 2 aromatic heterocycles. The molecule has 1 aromatic carbocycles. The van der Waals surface area contributed by atoms with E-state index in [1.807, 2.05) is 19.2 Å². The molecule has 1 N–H and O–H groups in total. The van der Waals surface area contributed by atoms with Crippen LogP contribution in [0.1, 0.15) is 27.2 Å². The fourth-order valence-corrected chi connectivity index (χ4v) is 3.25. The molecule has 0 radical (unpaired) electrons. The van der Waals surface area contributed by atoms with Gasteiger partial charge in [-0.2, -0.15) is 5.10 Å². The molecule has 0 saturated carbocycles. The Balaban J connectivity index is 1.74. The first kappa shape index (κ1) is 16.2. The minimum absolute atomic E-state index is 0.183. The van der Waals surface area contributed by atoms with Gasteiger partial charge in [-0.1, -0.05) is 30.3 Å². The van der Waals surface area contributed by atoms with E-state index in [-0.39, 0.29) is 5.91 Å². The number of nitrogens with zero attached hydrogens (tertiary/aromatic N) is 4. The number of hydrogen-bond donors (Lipinski definition) is 1. The van der Waals surface area contributed by atoms with Crippen molar-refractivity contribution in [1.82, 2.24) is 25.1 Å². The Morgan fingerprint density at radius 1 is 1.27 bits per heavy atom. The van der Waals surface area contributed by atoms with Crippen LogP contribution in [0.15, 0.2) is 49.3 Å². The number of nitrogens with one attached hydrogen (secondary N) is 1. The van der Waals surface area contributed by atoms with Crippen molar-refractivity contribution in [3.63, 3.8) is 0 Å². The second-order valence-electron chi connectivity index (χ2n) is 6.26. The first-order valence-corrected chi connectivity index (χ1v) is 8.57. The molecule has 1 aliphatic carbocycles. The Hall–Kier alpha value is -3.28. The topological polar surface area (TPSA) is 72.7 Å². The van der Waals surface area contributed by atoms with Gasteiger partial charge in [-0.05, 0) is 30.9 Å². The number of aromatic nitrogens is 4. The van der Waals surface area contributed by atoms with Crippen molar-refractivity contribution in [3.05, 3.63) is 71.7 Å². The molecule has 0 saturated heterocycles. The van der Waals surface area contributed by atoms with Gasteiger partial charge in [0.05, 0.1) is 23.1 Å². The zero-order valence-electron chi connectivity index (χ0n) is 14.6. The maximum atomic E-state index is 12.2. The monoisotopic (exact) mass is 345 g/mol. The van der Waals surface area contributed by atoms with Crippen LogP contribution in [0.25, 0.3) is 17.2 Å². The van der Waals surface area contributed by atoms with E-state index in [1.54, 1.807) is 17.0 Å². The van der Waals surface area contributed by atoms with E-state index in [0.717, 1.165) is 29.7 Å². The predicted molar refractivity (Wildman–Crippen MR) is 99.3 cm³/mol. The van der Waals surface area contributed by atoms with Crippen molar-refractivity contribution in [1.29, 1.82) is 0 Å². The first-order valence-electron chi connectivity index (χ1n) is 8.57. The summed E-state index contributed by atoms with van der Waals surface area (Å²) < 4.78 is 1.61. The molecule has 26 heavy (non-hydrogen) atoms. The average molecular weight is 345 g/mol. The molecular formula is C20H19N5O. The van der Waals surface area contributed by atoms with Gasteiger partial charge in [0.1, 0.15) is 0 Å². The van der Waals surface area contributed by atoms with E-state index in [4.69, 9.17) is 4.98 Å². The number of carbonyl (C=O) groups is 1. The zero-order valence-corrected chi connectivity index (χ0v) is 14.6. The number of rotatable bonds is 4. The minimum Gasteiger partial charge on any atom is -0.348 e. The van der Waals surface area contributed by atoms with Gasteiger partial charge in [0.2, 0.25) is 0 Å². The van der Waals surface area contributed by atoms with Crippen molar-refractivity contribution >= 4 is 5.91 Å². The van der Waals surface area contributed by atoms with Gasteiger partial charge in [0.15, 0.2) is 0 Å². The van der Waals surface area contributed by atoms with Gasteiger partial charge in [-0.15, -0.1) is 6.58 Å². The summed E-state index contributed by atoms with van der Waals surface area (Å²) in [7, 11) is 0. The molecule has 1 aliphatic rings. The van der Waals surface area contributed by atoms with E-state index >= 15 is 0 Å². The van der Waals surface area contributed by atoms with Gasteiger partial charge < -0.3 is 5.32 Å². The van der Waals surface area contributed by atoms with Crippen LogP contribution in [0, 0.1) is 6.92 Å². The van der Waals surface area contributed by atoms with E-state index in [0.29, 0.717) is 23.8 Å². The standard InChI is InChI=1S/C20H19N5O/c1-3-10-21-19(26)17-12-23-25(13(17)2)20-22-11-15-9-8-14-6-4-5-7-16(14)18(15)24-20/h3-7,11-12H,1,8-10H2,2H3,(H,21,26). The Morgan fingerprint density at radius 2 is 2.08 bits per heavy atom. The minimum atomic E-state index is -0.183. The molecule has 0 fully saturated rings. The summed E-state index contributed by atoms with van der Waals surface area (Å²) in [6, 6.07) is 8.31. The van der Waals surface area contributed by atoms with Crippen LogP contribution in [0.2, 0.25) is 0 Å². The molecule has 0 aliphatic heterocycles. The molecule has 3 aromatic rings. The zero-order chi connectivity index (χ0) is 18.1. The van der Waals surface area contributed by atoms with Crippen LogP contribution in [0.5, 0.6) is 0 Å². The van der Waals surface area contributed by atoms with Crippen molar-refractivity contribution in [2.75, 3.05) is 6.54 Å². The maximum absolute atomic E-state index is 12.2. The second kappa shape index (κ2) is 6.55. The van der Waals surface area contributed by atoms with Gasteiger partial charge in [0, 0.05) is 18.3 Å². The highest BCUT2D eigenvalue weighted by Crippen LogP contribution is 2.31. The third kappa shape index (κ3) is 2.69. The number of amides is 1. The lowest BCUT2D eigenvalue weighted by molar-refractivity contribution is 0.0957. The lowest BCUT2D eigenvalue weighted by Gasteiger charge is -2.18. The van der Waals surface area contributed by atoms with Crippen LogP contribution in [-0.2, 0) is 12.8 Å². The first-order chi connectivity index (χ1) is 12.7. The fourth-order valence-electron chi connectivity index (χ4n) is 3.25. The second-order valence-corrected chi connectivity index (χ2v) is 6.26. The highest BCUT2D eigenvalue weighted by molar-refractivity contribution is 5.95. The predicted octanol–water partition coefficient (Wildman–Crippen LogP) is 2.65. The number of hydrogen-bond acceptors (Lipinski definition) is 4. The molecular weight excluding hydrogens is 326 g/mol. The Labute approximate surface area is 151 Å². The molecule has 4 rings (SSSR count). The quantitative estimate of drug-likeness (QED) is 0.738. The summed E-state index contributed by atoms with van der Waals surface area (Å²) in [4.78, 5) is 21.4. The maximum Gasteiger partial charge on any atom is 0.255 e. The molecule has 6 heteroatoms. The van der Waals surface area contributed by atoms with Crippen molar-refractivity contribution in [2.45, 2.75) is 19.8 Å². The molecule has 0 atom stereocenters. The van der Waals surface area contributed by atoms with E-state index in [2.05, 4.69) is 40.2 Å². The highest BCUT2D eigenvalue weighted by atomic mass is 16.1. The summed E-state index contributed by atoms with van der Waals surface area (Å²) in [5, 5.41) is 7.09. The van der Waals surface area contributed by atoms with Crippen LogP contribution >= 0.6 is 0 Å². The fraction of sp³-hybridized carbons (Fsp3) is 0.200. The molecule has 6 nitrogen and oxygen atoms in total.